The summed E-state index contributed by atoms with van der Waals surface area (Å²) in [6.07, 6.45) is 11.2. The lowest BCUT2D eigenvalue weighted by molar-refractivity contribution is -0.425. The first-order valence-electron chi connectivity index (χ1n) is 6.65. The van der Waals surface area contributed by atoms with E-state index in [1.807, 2.05) is 0 Å². The van der Waals surface area contributed by atoms with Gasteiger partial charge in [-0.3, -0.25) is 0 Å². The third kappa shape index (κ3) is 5.53. The zero-order valence-corrected chi connectivity index (χ0v) is 10.3. The molecule has 0 radical (unpaired) electrons. The second kappa shape index (κ2) is 8.12. The van der Waals surface area contributed by atoms with E-state index in [4.69, 9.17) is 4.89 Å². The fraction of sp³-hybridized carbons (Fsp3) is 1.00. The first-order valence-corrected chi connectivity index (χ1v) is 6.65. The van der Waals surface area contributed by atoms with Crippen molar-refractivity contribution in [3.8, 4) is 0 Å². The first-order chi connectivity index (χ1) is 7.36. The number of unbranched alkanes of at least 4 members (excludes halogenated alkanes) is 2. The Morgan fingerprint density at radius 3 is 2.40 bits per heavy atom. The van der Waals surface area contributed by atoms with Crippen LogP contribution in [0.3, 0.4) is 0 Å². The monoisotopic (exact) mass is 214 g/mol. The lowest BCUT2D eigenvalue weighted by Gasteiger charge is -2.24. The molecule has 1 aliphatic rings. The highest BCUT2D eigenvalue weighted by Crippen LogP contribution is 2.21. The summed E-state index contributed by atoms with van der Waals surface area (Å²) >= 11 is 0. The van der Waals surface area contributed by atoms with Crippen LogP contribution >= 0.6 is 0 Å². The second-order valence-corrected chi connectivity index (χ2v) is 4.70. The summed E-state index contributed by atoms with van der Waals surface area (Å²) < 4.78 is 0. The molecule has 0 spiro atoms. The molecule has 90 valence electrons. The maximum Gasteiger partial charge on any atom is 0.119 e. The molecule has 1 rings (SSSR count). The average Bonchev–Trinajstić information content (AvgIpc) is 2.19. The van der Waals surface area contributed by atoms with Crippen LogP contribution in [0, 0.1) is 5.92 Å². The van der Waals surface area contributed by atoms with Crippen LogP contribution < -0.4 is 0 Å². The predicted octanol–water partition coefficient (Wildman–Crippen LogP) is 4.09. The topological polar surface area (TPSA) is 18.5 Å². The van der Waals surface area contributed by atoms with Crippen molar-refractivity contribution in [1.29, 1.82) is 0 Å². The first kappa shape index (κ1) is 13.0. The van der Waals surface area contributed by atoms with Gasteiger partial charge in [0, 0.05) is 0 Å². The lowest BCUT2D eigenvalue weighted by Crippen LogP contribution is -2.30. The van der Waals surface area contributed by atoms with Crippen molar-refractivity contribution >= 4 is 0 Å². The fourth-order valence-corrected chi connectivity index (χ4v) is 2.15. The minimum absolute atomic E-state index is 0.403. The smallest absolute Gasteiger partial charge is 0.119 e. The summed E-state index contributed by atoms with van der Waals surface area (Å²) in [7, 11) is 0. The van der Waals surface area contributed by atoms with Crippen LogP contribution in [0.2, 0.25) is 0 Å². The van der Waals surface area contributed by atoms with Gasteiger partial charge in [0.1, 0.15) is 12.7 Å². The largest absolute Gasteiger partial charge is 0.233 e. The Bertz CT molecular complexity index is 143. The Balaban J connectivity index is 1.90. The molecule has 1 aliphatic heterocycles. The van der Waals surface area contributed by atoms with E-state index in [1.54, 1.807) is 0 Å². The standard InChI is InChI=1S/C13H26O2/c1-3-5-8-12(4-2)9-6-7-10-13-11-14-15-13/h12-13H,3-11H2,1-2H3. The van der Waals surface area contributed by atoms with E-state index in [9.17, 15) is 0 Å². The van der Waals surface area contributed by atoms with Gasteiger partial charge in [-0.15, -0.1) is 0 Å². The third-order valence-electron chi connectivity index (χ3n) is 3.39. The van der Waals surface area contributed by atoms with E-state index < -0.39 is 0 Å². The Morgan fingerprint density at radius 1 is 1.13 bits per heavy atom. The highest BCUT2D eigenvalue weighted by Gasteiger charge is 2.19. The molecule has 0 amide bonds. The maximum absolute atomic E-state index is 4.93. The molecule has 2 nitrogen and oxygen atoms in total. The minimum atomic E-state index is 0.403. The van der Waals surface area contributed by atoms with Gasteiger partial charge >= 0.3 is 0 Å². The van der Waals surface area contributed by atoms with Crippen molar-refractivity contribution in [2.75, 3.05) is 6.61 Å². The van der Waals surface area contributed by atoms with E-state index >= 15 is 0 Å². The highest BCUT2D eigenvalue weighted by atomic mass is 17.2. The normalized spacial score (nSPS) is 22.4. The van der Waals surface area contributed by atoms with Crippen molar-refractivity contribution in [2.24, 2.45) is 5.92 Å². The quantitative estimate of drug-likeness (QED) is 0.425. The van der Waals surface area contributed by atoms with Gasteiger partial charge in [-0.1, -0.05) is 58.8 Å². The van der Waals surface area contributed by atoms with Gasteiger partial charge in [-0.2, -0.15) is 0 Å². The molecule has 2 atom stereocenters. The van der Waals surface area contributed by atoms with Gasteiger partial charge in [0.25, 0.3) is 0 Å². The van der Waals surface area contributed by atoms with Crippen LogP contribution in [-0.4, -0.2) is 12.7 Å². The molecule has 1 heterocycles. The van der Waals surface area contributed by atoms with Crippen LogP contribution in [-0.2, 0) is 9.78 Å². The molecule has 1 saturated heterocycles. The summed E-state index contributed by atoms with van der Waals surface area (Å²) in [5.74, 6) is 0.962. The van der Waals surface area contributed by atoms with Crippen LogP contribution in [0.5, 0.6) is 0 Å². The van der Waals surface area contributed by atoms with Crippen molar-refractivity contribution in [2.45, 2.75) is 71.3 Å². The molecule has 0 bridgehead atoms. The van der Waals surface area contributed by atoms with Gasteiger partial charge in [-0.05, 0) is 12.3 Å². The van der Waals surface area contributed by atoms with Crippen LogP contribution in [0.4, 0.5) is 0 Å². The third-order valence-corrected chi connectivity index (χ3v) is 3.39. The molecular formula is C13H26O2. The second-order valence-electron chi connectivity index (χ2n) is 4.70. The molecule has 0 N–H and O–H groups in total. The van der Waals surface area contributed by atoms with Gasteiger partial charge < -0.3 is 0 Å². The summed E-state index contributed by atoms with van der Waals surface area (Å²) in [6.45, 7) is 5.41. The maximum atomic E-state index is 4.93. The van der Waals surface area contributed by atoms with Gasteiger partial charge in [-0.25, -0.2) is 9.78 Å². The van der Waals surface area contributed by atoms with E-state index in [2.05, 4.69) is 18.7 Å². The summed E-state index contributed by atoms with van der Waals surface area (Å²) in [5.41, 5.74) is 0. The predicted molar refractivity (Wildman–Crippen MR) is 62.6 cm³/mol. The molecule has 0 aliphatic carbocycles. The van der Waals surface area contributed by atoms with Gasteiger partial charge in [0.2, 0.25) is 0 Å². The molecule has 0 aromatic carbocycles. The SMILES string of the molecule is CCCCC(CC)CCCCC1COO1. The van der Waals surface area contributed by atoms with Crippen molar-refractivity contribution in [3.05, 3.63) is 0 Å². The van der Waals surface area contributed by atoms with E-state index in [0.29, 0.717) is 6.10 Å². The summed E-state index contributed by atoms with van der Waals surface area (Å²) in [5, 5.41) is 0. The molecule has 2 unspecified atom stereocenters. The molecule has 1 fully saturated rings. The molecule has 2 heteroatoms. The molecule has 15 heavy (non-hydrogen) atoms. The zero-order valence-electron chi connectivity index (χ0n) is 10.3. The summed E-state index contributed by atoms with van der Waals surface area (Å²) in [6, 6.07) is 0. The lowest BCUT2D eigenvalue weighted by atomic mass is 9.93. The number of rotatable bonds is 9. The summed E-state index contributed by atoms with van der Waals surface area (Å²) in [4.78, 5) is 9.62. The van der Waals surface area contributed by atoms with Crippen LogP contribution in [0.15, 0.2) is 0 Å². The van der Waals surface area contributed by atoms with Crippen molar-refractivity contribution in [3.63, 3.8) is 0 Å². The Morgan fingerprint density at radius 2 is 1.87 bits per heavy atom. The Hall–Kier alpha value is -0.0800. The molecule has 0 aromatic heterocycles. The van der Waals surface area contributed by atoms with Gasteiger partial charge in [0.15, 0.2) is 0 Å². The zero-order chi connectivity index (χ0) is 10.9. The Labute approximate surface area is 94.3 Å². The van der Waals surface area contributed by atoms with Crippen molar-refractivity contribution < 1.29 is 9.78 Å². The van der Waals surface area contributed by atoms with Crippen molar-refractivity contribution in [1.82, 2.24) is 0 Å². The molecule has 0 aromatic rings. The van der Waals surface area contributed by atoms with E-state index in [1.165, 1.54) is 51.4 Å². The number of hydrogen-bond donors (Lipinski definition) is 0. The molecule has 0 saturated carbocycles. The molecular weight excluding hydrogens is 188 g/mol. The van der Waals surface area contributed by atoms with E-state index in [0.717, 1.165) is 12.5 Å². The minimum Gasteiger partial charge on any atom is -0.233 e. The van der Waals surface area contributed by atoms with E-state index in [-0.39, 0.29) is 0 Å². The van der Waals surface area contributed by atoms with Crippen LogP contribution in [0.25, 0.3) is 0 Å². The number of hydrogen-bond acceptors (Lipinski definition) is 2. The fourth-order valence-electron chi connectivity index (χ4n) is 2.15. The van der Waals surface area contributed by atoms with Crippen LogP contribution in [0.1, 0.15) is 65.2 Å². The Kier molecular flexibility index (Phi) is 7.03. The average molecular weight is 214 g/mol. The highest BCUT2D eigenvalue weighted by molar-refractivity contribution is 4.62. The van der Waals surface area contributed by atoms with Gasteiger partial charge in [0.05, 0.1) is 0 Å².